The Kier molecular flexibility index (Phi) is 3.11. The Morgan fingerprint density at radius 2 is 2.19 bits per heavy atom. The lowest BCUT2D eigenvalue weighted by Gasteiger charge is -2.36. The Balaban J connectivity index is 2.24. The van der Waals surface area contributed by atoms with Crippen LogP contribution >= 0.6 is 0 Å². The van der Waals surface area contributed by atoms with Crippen molar-refractivity contribution in [3.05, 3.63) is 30.1 Å². The largest absolute Gasteiger partial charge is 0.460 e. The van der Waals surface area contributed by atoms with Crippen LogP contribution in [0, 0.1) is 0 Å². The highest BCUT2D eigenvalue weighted by Gasteiger charge is 2.43. The number of nitrogens with zero attached hydrogens (tertiary/aromatic N) is 2. The summed E-state index contributed by atoms with van der Waals surface area (Å²) in [4.78, 5) is 4.52. The van der Waals surface area contributed by atoms with E-state index in [2.05, 4.69) is 10.3 Å². The summed E-state index contributed by atoms with van der Waals surface area (Å²) in [5.74, 6) is 0. The molecule has 1 unspecified atom stereocenters. The molecule has 1 aliphatic heterocycles. The zero-order valence-corrected chi connectivity index (χ0v) is 8.54. The molecule has 1 atom stereocenters. The Hall–Kier alpha value is -1.14. The van der Waals surface area contributed by atoms with Crippen LogP contribution in [0.4, 0.5) is 13.2 Å². The second-order valence-corrected chi connectivity index (χ2v) is 3.64. The van der Waals surface area contributed by atoms with E-state index >= 15 is 0 Å². The van der Waals surface area contributed by atoms with Crippen LogP contribution in [0.15, 0.2) is 24.4 Å². The summed E-state index contributed by atoms with van der Waals surface area (Å²) in [6, 6.07) is 4.29. The van der Waals surface area contributed by atoms with Crippen molar-refractivity contribution in [1.82, 2.24) is 15.2 Å². The van der Waals surface area contributed by atoms with Gasteiger partial charge in [-0.05, 0) is 12.1 Å². The highest BCUT2D eigenvalue weighted by molar-refractivity contribution is 5.10. The first-order chi connectivity index (χ1) is 7.59. The van der Waals surface area contributed by atoms with E-state index in [4.69, 9.17) is 0 Å². The minimum atomic E-state index is -4.30. The van der Waals surface area contributed by atoms with E-state index in [1.165, 1.54) is 6.20 Å². The molecule has 0 aromatic carbocycles. The van der Waals surface area contributed by atoms with Crippen molar-refractivity contribution in [2.24, 2.45) is 0 Å². The average molecular weight is 231 g/mol. The summed E-state index contributed by atoms with van der Waals surface area (Å²) in [7, 11) is 0. The molecular weight excluding hydrogens is 219 g/mol. The molecule has 88 valence electrons. The Morgan fingerprint density at radius 3 is 2.81 bits per heavy atom. The van der Waals surface area contributed by atoms with Crippen LogP contribution in [-0.2, 0) is 0 Å². The average Bonchev–Trinajstić information content (AvgIpc) is 2.29. The topological polar surface area (TPSA) is 28.2 Å². The van der Waals surface area contributed by atoms with Gasteiger partial charge in [0.15, 0.2) is 0 Å². The Labute approximate surface area is 91.3 Å². The van der Waals surface area contributed by atoms with Crippen molar-refractivity contribution in [2.75, 3.05) is 19.6 Å². The lowest BCUT2D eigenvalue weighted by molar-refractivity contribution is -0.263. The van der Waals surface area contributed by atoms with Gasteiger partial charge in [0.05, 0.1) is 11.7 Å². The van der Waals surface area contributed by atoms with Gasteiger partial charge in [-0.15, -0.1) is 0 Å². The molecule has 1 N–H and O–H groups in total. The second kappa shape index (κ2) is 4.39. The molecule has 0 saturated carbocycles. The minimum absolute atomic E-state index is 0.0370. The van der Waals surface area contributed by atoms with E-state index < -0.39 is 12.3 Å². The van der Waals surface area contributed by atoms with Gasteiger partial charge in [0.1, 0.15) is 0 Å². The van der Waals surface area contributed by atoms with Crippen molar-refractivity contribution in [3.8, 4) is 0 Å². The van der Waals surface area contributed by atoms with Gasteiger partial charge >= 0.3 is 6.30 Å². The SMILES string of the molecule is FC(F)(F)N1CCNCC1c1ccccn1. The molecule has 1 aromatic rings. The van der Waals surface area contributed by atoms with E-state index in [1.807, 2.05) is 0 Å². The second-order valence-electron chi connectivity index (χ2n) is 3.64. The van der Waals surface area contributed by atoms with E-state index in [9.17, 15) is 13.2 Å². The fraction of sp³-hybridized carbons (Fsp3) is 0.500. The Bertz CT molecular complexity index is 339. The van der Waals surface area contributed by atoms with E-state index in [0.717, 1.165) is 0 Å². The van der Waals surface area contributed by atoms with Gasteiger partial charge < -0.3 is 5.32 Å². The first-order valence-corrected chi connectivity index (χ1v) is 5.04. The fourth-order valence-corrected chi connectivity index (χ4v) is 1.85. The maximum absolute atomic E-state index is 12.7. The molecule has 0 bridgehead atoms. The normalized spacial score (nSPS) is 23.3. The van der Waals surface area contributed by atoms with Crippen LogP contribution in [0.25, 0.3) is 0 Å². The maximum Gasteiger partial charge on any atom is 0.460 e. The molecule has 0 amide bonds. The standard InChI is InChI=1S/C10H12F3N3/c11-10(12,13)16-6-5-14-7-9(16)8-3-1-2-4-15-8/h1-4,9,14H,5-7H2. The van der Waals surface area contributed by atoms with Crippen molar-refractivity contribution >= 4 is 0 Å². The van der Waals surface area contributed by atoms with Gasteiger partial charge in [-0.2, -0.15) is 13.2 Å². The smallest absolute Gasteiger partial charge is 0.313 e. The number of aromatic nitrogens is 1. The number of pyridine rings is 1. The number of hydrogen-bond acceptors (Lipinski definition) is 3. The van der Waals surface area contributed by atoms with Crippen molar-refractivity contribution in [2.45, 2.75) is 12.3 Å². The van der Waals surface area contributed by atoms with Crippen molar-refractivity contribution in [1.29, 1.82) is 0 Å². The quantitative estimate of drug-likeness (QED) is 0.743. The van der Waals surface area contributed by atoms with E-state index in [1.54, 1.807) is 18.2 Å². The first kappa shape index (κ1) is 11.3. The third kappa shape index (κ3) is 2.33. The third-order valence-electron chi connectivity index (χ3n) is 2.60. The molecule has 2 rings (SSSR count). The van der Waals surface area contributed by atoms with Gasteiger partial charge in [0.2, 0.25) is 0 Å². The van der Waals surface area contributed by atoms with Crippen molar-refractivity contribution in [3.63, 3.8) is 0 Å². The number of halogens is 3. The third-order valence-corrected chi connectivity index (χ3v) is 2.60. The molecule has 6 heteroatoms. The Morgan fingerprint density at radius 1 is 1.38 bits per heavy atom. The van der Waals surface area contributed by atoms with Gasteiger partial charge in [-0.3, -0.25) is 4.98 Å². The van der Waals surface area contributed by atoms with Crippen LogP contribution in [0.2, 0.25) is 0 Å². The predicted molar refractivity (Wildman–Crippen MR) is 52.6 cm³/mol. The van der Waals surface area contributed by atoms with E-state index in [-0.39, 0.29) is 13.1 Å². The predicted octanol–water partition coefficient (Wildman–Crippen LogP) is 1.55. The summed E-state index contributed by atoms with van der Waals surface area (Å²) < 4.78 is 38.2. The van der Waals surface area contributed by atoms with Crippen LogP contribution in [-0.4, -0.2) is 35.8 Å². The molecule has 0 spiro atoms. The monoisotopic (exact) mass is 231 g/mol. The van der Waals surface area contributed by atoms with Crippen LogP contribution < -0.4 is 5.32 Å². The molecule has 1 aromatic heterocycles. The minimum Gasteiger partial charge on any atom is -0.313 e. The number of rotatable bonds is 1. The summed E-state index contributed by atoms with van der Waals surface area (Å²) >= 11 is 0. The number of hydrogen-bond donors (Lipinski definition) is 1. The zero-order chi connectivity index (χ0) is 11.6. The number of nitrogens with one attached hydrogen (secondary N) is 1. The van der Waals surface area contributed by atoms with Gasteiger partial charge in [0, 0.05) is 25.8 Å². The summed E-state index contributed by atoms with van der Waals surface area (Å²) in [5, 5.41) is 2.95. The highest BCUT2D eigenvalue weighted by atomic mass is 19.4. The molecule has 16 heavy (non-hydrogen) atoms. The maximum atomic E-state index is 12.7. The lowest BCUT2D eigenvalue weighted by Crippen LogP contribution is -2.52. The molecule has 2 heterocycles. The molecule has 1 saturated heterocycles. The molecule has 1 aliphatic rings. The molecule has 3 nitrogen and oxygen atoms in total. The molecule has 0 aliphatic carbocycles. The zero-order valence-electron chi connectivity index (χ0n) is 8.54. The molecular formula is C10H12F3N3. The first-order valence-electron chi connectivity index (χ1n) is 5.04. The van der Waals surface area contributed by atoms with Crippen LogP contribution in [0.5, 0.6) is 0 Å². The van der Waals surface area contributed by atoms with Crippen molar-refractivity contribution < 1.29 is 13.2 Å². The molecule has 0 radical (unpaired) electrons. The van der Waals surface area contributed by atoms with Gasteiger partial charge in [0.25, 0.3) is 0 Å². The van der Waals surface area contributed by atoms with Gasteiger partial charge in [-0.25, -0.2) is 4.90 Å². The number of piperazine rings is 1. The lowest BCUT2D eigenvalue weighted by atomic mass is 10.1. The van der Waals surface area contributed by atoms with Crippen LogP contribution in [0.3, 0.4) is 0 Å². The summed E-state index contributed by atoms with van der Waals surface area (Å²) in [6.45, 7) is 0.587. The summed E-state index contributed by atoms with van der Waals surface area (Å²) in [6.07, 6.45) is -2.79. The molecule has 1 fully saturated rings. The summed E-state index contributed by atoms with van der Waals surface area (Å²) in [5.41, 5.74) is 0.451. The van der Waals surface area contributed by atoms with E-state index in [0.29, 0.717) is 17.1 Å². The van der Waals surface area contributed by atoms with Gasteiger partial charge in [-0.1, -0.05) is 6.07 Å². The van der Waals surface area contributed by atoms with Crippen LogP contribution in [0.1, 0.15) is 11.7 Å². The highest BCUT2D eigenvalue weighted by Crippen LogP contribution is 2.31. The fourth-order valence-electron chi connectivity index (χ4n) is 1.85. The number of alkyl halides is 3.